The summed E-state index contributed by atoms with van der Waals surface area (Å²) in [7, 11) is 0. The van der Waals surface area contributed by atoms with Crippen molar-refractivity contribution < 1.29 is 4.42 Å². The fraction of sp³-hybridized carbons (Fsp3) is 0.500. The standard InChI is InChI=1S/C10H14N2OS/c1-6(2)8-5-9-10(13-8)7(3-4-11)12-14-9/h5-6H,3-4,11H2,1-2H3. The molecular weight excluding hydrogens is 196 g/mol. The number of hydrogen-bond donors (Lipinski definition) is 1. The van der Waals surface area contributed by atoms with E-state index in [1.54, 1.807) is 0 Å². The van der Waals surface area contributed by atoms with Crippen LogP contribution in [-0.2, 0) is 6.42 Å². The summed E-state index contributed by atoms with van der Waals surface area (Å²) in [6, 6.07) is 2.08. The van der Waals surface area contributed by atoms with Crippen molar-refractivity contribution in [1.82, 2.24) is 4.37 Å². The van der Waals surface area contributed by atoms with Crippen LogP contribution in [0.3, 0.4) is 0 Å². The average molecular weight is 210 g/mol. The molecule has 0 aromatic carbocycles. The molecule has 4 heteroatoms. The third kappa shape index (κ3) is 1.55. The van der Waals surface area contributed by atoms with Crippen LogP contribution in [-0.4, -0.2) is 10.9 Å². The van der Waals surface area contributed by atoms with Gasteiger partial charge in [0.15, 0.2) is 5.58 Å². The Balaban J connectivity index is 2.45. The van der Waals surface area contributed by atoms with Gasteiger partial charge in [-0.25, -0.2) is 0 Å². The van der Waals surface area contributed by atoms with Crippen LogP contribution in [0.1, 0.15) is 31.2 Å². The van der Waals surface area contributed by atoms with E-state index in [9.17, 15) is 0 Å². The number of nitrogens with two attached hydrogens (primary N) is 1. The van der Waals surface area contributed by atoms with E-state index in [2.05, 4.69) is 24.3 Å². The molecule has 76 valence electrons. The molecule has 0 aliphatic carbocycles. The monoisotopic (exact) mass is 210 g/mol. The van der Waals surface area contributed by atoms with Crippen molar-refractivity contribution in [3.8, 4) is 0 Å². The van der Waals surface area contributed by atoms with Gasteiger partial charge in [0.05, 0.1) is 10.4 Å². The molecule has 0 amide bonds. The highest BCUT2D eigenvalue weighted by Crippen LogP contribution is 2.30. The third-order valence-corrected chi connectivity index (χ3v) is 3.00. The van der Waals surface area contributed by atoms with Gasteiger partial charge in [0.2, 0.25) is 0 Å². The number of rotatable bonds is 3. The number of nitrogens with zero attached hydrogens (tertiary/aromatic N) is 1. The molecule has 0 saturated heterocycles. The highest BCUT2D eigenvalue weighted by molar-refractivity contribution is 7.13. The molecule has 2 N–H and O–H groups in total. The van der Waals surface area contributed by atoms with E-state index >= 15 is 0 Å². The van der Waals surface area contributed by atoms with Crippen molar-refractivity contribution in [3.05, 3.63) is 17.5 Å². The third-order valence-electron chi connectivity index (χ3n) is 2.18. The van der Waals surface area contributed by atoms with Gasteiger partial charge >= 0.3 is 0 Å². The molecule has 14 heavy (non-hydrogen) atoms. The second-order valence-corrected chi connectivity index (χ2v) is 4.47. The Bertz CT molecular complexity index is 430. The molecule has 2 aromatic rings. The van der Waals surface area contributed by atoms with Crippen molar-refractivity contribution in [2.45, 2.75) is 26.2 Å². The quantitative estimate of drug-likeness (QED) is 0.846. The number of furan rings is 1. The summed E-state index contributed by atoms with van der Waals surface area (Å²) in [5.41, 5.74) is 7.43. The Labute approximate surface area is 87.1 Å². The molecule has 0 radical (unpaired) electrons. The largest absolute Gasteiger partial charge is 0.458 e. The summed E-state index contributed by atoms with van der Waals surface area (Å²) in [5, 5.41) is 0. The molecule has 3 nitrogen and oxygen atoms in total. The summed E-state index contributed by atoms with van der Waals surface area (Å²) >= 11 is 1.49. The molecule has 0 bridgehead atoms. The first-order chi connectivity index (χ1) is 6.72. The van der Waals surface area contributed by atoms with Crippen LogP contribution in [0.5, 0.6) is 0 Å². The second kappa shape index (κ2) is 3.71. The molecule has 0 spiro atoms. The van der Waals surface area contributed by atoms with Gasteiger partial charge in [-0.3, -0.25) is 0 Å². The van der Waals surface area contributed by atoms with E-state index in [0.29, 0.717) is 12.5 Å². The lowest BCUT2D eigenvalue weighted by molar-refractivity contribution is 0.518. The number of aromatic nitrogens is 1. The lowest BCUT2D eigenvalue weighted by Crippen LogP contribution is -2.02. The van der Waals surface area contributed by atoms with Crippen molar-refractivity contribution >= 4 is 21.8 Å². The minimum atomic E-state index is 0.431. The van der Waals surface area contributed by atoms with E-state index < -0.39 is 0 Å². The van der Waals surface area contributed by atoms with Crippen LogP contribution < -0.4 is 5.73 Å². The number of fused-ring (bicyclic) bond motifs is 1. The van der Waals surface area contributed by atoms with Crippen LogP contribution in [0.4, 0.5) is 0 Å². The summed E-state index contributed by atoms with van der Waals surface area (Å²) in [4.78, 5) is 0. The molecular formula is C10H14N2OS. The molecule has 2 aromatic heterocycles. The minimum Gasteiger partial charge on any atom is -0.458 e. The SMILES string of the molecule is CC(C)c1cc2snc(CCN)c2o1. The predicted octanol–water partition coefficient (Wildman–Crippen LogP) is 2.51. The Morgan fingerprint density at radius 2 is 2.36 bits per heavy atom. The van der Waals surface area contributed by atoms with Crippen LogP contribution in [0.25, 0.3) is 10.3 Å². The Morgan fingerprint density at radius 1 is 1.57 bits per heavy atom. The van der Waals surface area contributed by atoms with Gasteiger partial charge in [-0.15, -0.1) is 0 Å². The Kier molecular flexibility index (Phi) is 2.56. The fourth-order valence-corrected chi connectivity index (χ4v) is 2.18. The van der Waals surface area contributed by atoms with Gasteiger partial charge in [-0.05, 0) is 24.1 Å². The average Bonchev–Trinajstić information content (AvgIpc) is 2.67. The van der Waals surface area contributed by atoms with Gasteiger partial charge < -0.3 is 10.2 Å². The van der Waals surface area contributed by atoms with Gasteiger partial charge in [0.25, 0.3) is 0 Å². The first-order valence-electron chi connectivity index (χ1n) is 4.80. The summed E-state index contributed by atoms with van der Waals surface area (Å²) < 4.78 is 11.2. The van der Waals surface area contributed by atoms with Gasteiger partial charge in [0, 0.05) is 12.3 Å². The molecule has 2 heterocycles. The fourth-order valence-electron chi connectivity index (χ4n) is 1.39. The first kappa shape index (κ1) is 9.68. The van der Waals surface area contributed by atoms with Crippen LogP contribution in [0.15, 0.2) is 10.5 Å². The van der Waals surface area contributed by atoms with E-state index in [0.717, 1.165) is 28.2 Å². The minimum absolute atomic E-state index is 0.431. The van der Waals surface area contributed by atoms with Crippen molar-refractivity contribution in [2.75, 3.05) is 6.54 Å². The normalized spacial score (nSPS) is 11.7. The predicted molar refractivity (Wildman–Crippen MR) is 58.7 cm³/mol. The summed E-state index contributed by atoms with van der Waals surface area (Å²) in [6.45, 7) is 4.87. The van der Waals surface area contributed by atoms with Gasteiger partial charge in [-0.1, -0.05) is 13.8 Å². The highest BCUT2D eigenvalue weighted by atomic mass is 32.1. The maximum atomic E-state index is 5.75. The van der Waals surface area contributed by atoms with Crippen molar-refractivity contribution in [3.63, 3.8) is 0 Å². The zero-order valence-corrected chi connectivity index (χ0v) is 9.23. The molecule has 0 aliphatic rings. The smallest absolute Gasteiger partial charge is 0.168 e. The topological polar surface area (TPSA) is 52.0 Å². The van der Waals surface area contributed by atoms with Gasteiger partial charge in [0.1, 0.15) is 5.76 Å². The molecule has 0 saturated carbocycles. The number of hydrogen-bond acceptors (Lipinski definition) is 4. The van der Waals surface area contributed by atoms with Crippen LogP contribution >= 0.6 is 11.5 Å². The summed E-state index contributed by atoms with van der Waals surface area (Å²) in [6.07, 6.45) is 0.797. The molecule has 0 fully saturated rings. The molecule has 0 atom stereocenters. The lowest BCUT2D eigenvalue weighted by atomic mass is 10.2. The maximum absolute atomic E-state index is 5.75. The van der Waals surface area contributed by atoms with Crippen molar-refractivity contribution in [2.24, 2.45) is 5.73 Å². The van der Waals surface area contributed by atoms with E-state index in [4.69, 9.17) is 10.2 Å². The highest BCUT2D eigenvalue weighted by Gasteiger charge is 2.13. The molecule has 0 unspecified atom stereocenters. The van der Waals surface area contributed by atoms with Crippen molar-refractivity contribution in [1.29, 1.82) is 0 Å². The summed E-state index contributed by atoms with van der Waals surface area (Å²) in [5.74, 6) is 1.47. The zero-order valence-electron chi connectivity index (χ0n) is 8.41. The Hall–Kier alpha value is -0.870. The first-order valence-corrected chi connectivity index (χ1v) is 5.57. The lowest BCUT2D eigenvalue weighted by Gasteiger charge is -1.97. The van der Waals surface area contributed by atoms with E-state index in [1.165, 1.54) is 11.5 Å². The van der Waals surface area contributed by atoms with E-state index in [1.807, 2.05) is 0 Å². The molecule has 0 aliphatic heterocycles. The molecule has 2 rings (SSSR count). The Morgan fingerprint density at radius 3 is 3.00 bits per heavy atom. The van der Waals surface area contributed by atoms with E-state index in [-0.39, 0.29) is 0 Å². The van der Waals surface area contributed by atoms with Crippen LogP contribution in [0.2, 0.25) is 0 Å². The second-order valence-electron chi connectivity index (χ2n) is 3.66. The zero-order chi connectivity index (χ0) is 10.1. The maximum Gasteiger partial charge on any atom is 0.168 e. The van der Waals surface area contributed by atoms with Gasteiger partial charge in [-0.2, -0.15) is 4.37 Å². The van der Waals surface area contributed by atoms with Crippen LogP contribution in [0, 0.1) is 0 Å².